The first kappa shape index (κ1) is 13.7. The van der Waals surface area contributed by atoms with Gasteiger partial charge in [0.25, 0.3) is 0 Å². The normalized spacial score (nSPS) is 15.4. The molecule has 0 saturated carbocycles. The summed E-state index contributed by atoms with van der Waals surface area (Å²) < 4.78 is 8.28. The quantitative estimate of drug-likeness (QED) is 0.907. The van der Waals surface area contributed by atoms with Crippen LogP contribution in [-0.4, -0.2) is 23.0 Å². The molecule has 0 bridgehead atoms. The summed E-state index contributed by atoms with van der Waals surface area (Å²) >= 11 is 3.49. The first-order chi connectivity index (χ1) is 7.52. The zero-order chi connectivity index (χ0) is 12.3. The lowest BCUT2D eigenvalue weighted by atomic mass is 10.1. The monoisotopic (exact) mass is 289 g/mol. The summed E-state index contributed by atoms with van der Waals surface area (Å²) in [6.45, 7) is 6.24. The fourth-order valence-corrected chi connectivity index (χ4v) is 2.35. The van der Waals surface area contributed by atoms with Crippen molar-refractivity contribution < 1.29 is 4.74 Å². The van der Waals surface area contributed by atoms with Crippen molar-refractivity contribution in [2.24, 2.45) is 5.73 Å². The van der Waals surface area contributed by atoms with Gasteiger partial charge < -0.3 is 10.5 Å². The summed E-state index contributed by atoms with van der Waals surface area (Å²) in [5.41, 5.74) is 7.23. The van der Waals surface area contributed by atoms with Gasteiger partial charge >= 0.3 is 0 Å². The topological polar surface area (TPSA) is 53.1 Å². The number of aromatic nitrogens is 2. The number of hydrogen-bond donors (Lipinski definition) is 1. The Morgan fingerprint density at radius 3 is 2.62 bits per heavy atom. The van der Waals surface area contributed by atoms with Crippen molar-refractivity contribution in [2.75, 3.05) is 7.11 Å². The molecule has 0 aliphatic heterocycles. The number of methoxy groups -OCH3 is 1. The second-order valence-corrected chi connectivity index (χ2v) is 4.98. The Morgan fingerprint density at radius 2 is 2.19 bits per heavy atom. The van der Waals surface area contributed by atoms with E-state index in [4.69, 9.17) is 10.5 Å². The number of rotatable bonds is 5. The van der Waals surface area contributed by atoms with Crippen LogP contribution in [0.25, 0.3) is 0 Å². The number of halogens is 1. The van der Waals surface area contributed by atoms with Crippen LogP contribution in [0.3, 0.4) is 0 Å². The summed E-state index contributed by atoms with van der Waals surface area (Å²) in [7, 11) is 1.69. The van der Waals surface area contributed by atoms with E-state index in [1.807, 2.05) is 4.68 Å². The van der Waals surface area contributed by atoms with Crippen LogP contribution < -0.4 is 5.73 Å². The lowest BCUT2D eigenvalue weighted by molar-refractivity contribution is 0.0741. The summed E-state index contributed by atoms with van der Waals surface area (Å²) in [5.74, 6) is 0. The van der Waals surface area contributed by atoms with Crippen molar-refractivity contribution in [2.45, 2.75) is 45.4 Å². The van der Waals surface area contributed by atoms with Gasteiger partial charge in [-0.1, -0.05) is 6.92 Å². The van der Waals surface area contributed by atoms with Crippen LogP contribution in [0, 0.1) is 0 Å². The smallest absolute Gasteiger partial charge is 0.0776 e. The summed E-state index contributed by atoms with van der Waals surface area (Å²) in [6.07, 6.45) is 2.69. The molecule has 4 nitrogen and oxygen atoms in total. The molecule has 92 valence electrons. The predicted octanol–water partition coefficient (Wildman–Crippen LogP) is 2.65. The zero-order valence-corrected chi connectivity index (χ0v) is 11.9. The molecule has 1 heterocycles. The van der Waals surface area contributed by atoms with E-state index in [0.29, 0.717) is 6.04 Å². The van der Waals surface area contributed by atoms with Crippen LogP contribution in [0.1, 0.15) is 45.0 Å². The van der Waals surface area contributed by atoms with Crippen molar-refractivity contribution >= 4 is 15.9 Å². The lowest BCUT2D eigenvalue weighted by Gasteiger charge is -2.23. The van der Waals surface area contributed by atoms with Crippen LogP contribution in [0.15, 0.2) is 10.7 Å². The first-order valence-corrected chi connectivity index (χ1v) is 6.33. The van der Waals surface area contributed by atoms with Gasteiger partial charge in [-0.25, -0.2) is 0 Å². The molecule has 1 aromatic rings. The molecule has 5 heteroatoms. The molecule has 2 unspecified atom stereocenters. The minimum Gasteiger partial charge on any atom is -0.379 e. The molecule has 1 aromatic heterocycles. The SMILES string of the molecule is CCC(OC)C(N)c1c(Br)cnn1C(C)C. The molecule has 0 amide bonds. The molecule has 0 radical (unpaired) electrons. The fourth-order valence-electron chi connectivity index (χ4n) is 1.82. The minimum atomic E-state index is -0.158. The Labute approximate surface area is 105 Å². The number of hydrogen-bond acceptors (Lipinski definition) is 3. The van der Waals surface area contributed by atoms with Gasteiger partial charge in [0.05, 0.1) is 28.5 Å². The first-order valence-electron chi connectivity index (χ1n) is 5.54. The third-order valence-electron chi connectivity index (χ3n) is 2.70. The van der Waals surface area contributed by atoms with E-state index in [1.54, 1.807) is 13.3 Å². The van der Waals surface area contributed by atoms with Gasteiger partial charge in [0.1, 0.15) is 0 Å². The Hall–Kier alpha value is -0.390. The van der Waals surface area contributed by atoms with E-state index < -0.39 is 0 Å². The van der Waals surface area contributed by atoms with Crippen molar-refractivity contribution in [3.05, 3.63) is 16.4 Å². The average Bonchev–Trinajstić information content (AvgIpc) is 2.61. The Balaban J connectivity index is 3.05. The molecule has 2 atom stereocenters. The second-order valence-electron chi connectivity index (χ2n) is 4.12. The van der Waals surface area contributed by atoms with Gasteiger partial charge in [0.15, 0.2) is 0 Å². The van der Waals surface area contributed by atoms with Crippen molar-refractivity contribution in [3.8, 4) is 0 Å². The van der Waals surface area contributed by atoms with E-state index in [2.05, 4.69) is 41.8 Å². The molecule has 2 N–H and O–H groups in total. The molecular weight excluding hydrogens is 270 g/mol. The Morgan fingerprint density at radius 1 is 1.56 bits per heavy atom. The van der Waals surface area contributed by atoms with Crippen LogP contribution in [-0.2, 0) is 4.74 Å². The van der Waals surface area contributed by atoms with Crippen LogP contribution in [0.5, 0.6) is 0 Å². The number of nitrogens with two attached hydrogens (primary N) is 1. The van der Waals surface area contributed by atoms with Gasteiger partial charge in [-0.15, -0.1) is 0 Å². The third-order valence-corrected chi connectivity index (χ3v) is 3.31. The van der Waals surface area contributed by atoms with E-state index in [0.717, 1.165) is 16.6 Å². The standard InChI is InChI=1S/C11H20BrN3O/c1-5-9(16-4)10(13)11-8(12)6-14-15(11)7(2)3/h6-7,9-10H,5,13H2,1-4H3. The zero-order valence-electron chi connectivity index (χ0n) is 10.3. The largest absolute Gasteiger partial charge is 0.379 e. The Bertz CT molecular complexity index is 334. The molecular formula is C11H20BrN3O. The number of nitrogens with zero attached hydrogens (tertiary/aromatic N) is 2. The molecule has 0 aliphatic carbocycles. The van der Waals surface area contributed by atoms with E-state index in [-0.39, 0.29) is 12.1 Å². The van der Waals surface area contributed by atoms with Gasteiger partial charge in [0.2, 0.25) is 0 Å². The molecule has 0 spiro atoms. The highest BCUT2D eigenvalue weighted by molar-refractivity contribution is 9.10. The molecule has 1 rings (SSSR count). The van der Waals surface area contributed by atoms with Gasteiger partial charge in [-0.2, -0.15) is 5.10 Å². The van der Waals surface area contributed by atoms with Crippen molar-refractivity contribution in [3.63, 3.8) is 0 Å². The minimum absolute atomic E-state index is 0.0190. The maximum Gasteiger partial charge on any atom is 0.0776 e. The van der Waals surface area contributed by atoms with E-state index in [1.165, 1.54) is 0 Å². The van der Waals surface area contributed by atoms with Gasteiger partial charge in [-0.05, 0) is 36.2 Å². The average molecular weight is 290 g/mol. The third kappa shape index (κ3) is 2.64. The summed E-state index contributed by atoms with van der Waals surface area (Å²) in [4.78, 5) is 0. The summed E-state index contributed by atoms with van der Waals surface area (Å²) in [6, 6.07) is 0.135. The van der Waals surface area contributed by atoms with Crippen LogP contribution >= 0.6 is 15.9 Å². The maximum absolute atomic E-state index is 6.23. The second kappa shape index (κ2) is 5.80. The lowest BCUT2D eigenvalue weighted by Crippen LogP contribution is -2.30. The Kier molecular flexibility index (Phi) is 4.95. The molecule has 0 fully saturated rings. The van der Waals surface area contributed by atoms with Gasteiger partial charge in [-0.3, -0.25) is 4.68 Å². The highest BCUT2D eigenvalue weighted by Crippen LogP contribution is 2.28. The highest BCUT2D eigenvalue weighted by Gasteiger charge is 2.24. The van der Waals surface area contributed by atoms with Crippen LogP contribution in [0.4, 0.5) is 0 Å². The highest BCUT2D eigenvalue weighted by atomic mass is 79.9. The van der Waals surface area contributed by atoms with Gasteiger partial charge in [0, 0.05) is 13.2 Å². The van der Waals surface area contributed by atoms with E-state index >= 15 is 0 Å². The number of ether oxygens (including phenoxy) is 1. The van der Waals surface area contributed by atoms with Crippen LogP contribution in [0.2, 0.25) is 0 Å². The maximum atomic E-state index is 6.23. The molecule has 16 heavy (non-hydrogen) atoms. The fraction of sp³-hybridized carbons (Fsp3) is 0.727. The van der Waals surface area contributed by atoms with Crippen molar-refractivity contribution in [1.82, 2.24) is 9.78 Å². The molecule has 0 aliphatic rings. The molecule has 0 aromatic carbocycles. The summed E-state index contributed by atoms with van der Waals surface area (Å²) in [5, 5.41) is 4.32. The van der Waals surface area contributed by atoms with E-state index in [9.17, 15) is 0 Å². The van der Waals surface area contributed by atoms with Crippen molar-refractivity contribution in [1.29, 1.82) is 0 Å². The molecule has 0 saturated heterocycles. The predicted molar refractivity (Wildman–Crippen MR) is 68.3 cm³/mol.